The molecule has 0 radical (unpaired) electrons. The Labute approximate surface area is 147 Å². The van der Waals surface area contributed by atoms with Crippen LogP contribution in [0.2, 0.25) is 0 Å². The van der Waals surface area contributed by atoms with Crippen LogP contribution in [-0.2, 0) is 33.4 Å². The average Bonchev–Trinajstić information content (AvgIpc) is 3.29. The Morgan fingerprint density at radius 2 is 1.72 bits per heavy atom. The number of carbonyl (C=O) groups is 2. The van der Waals surface area contributed by atoms with Crippen molar-refractivity contribution in [3.05, 3.63) is 29.8 Å². The number of rotatable bonds is 8. The first-order chi connectivity index (χ1) is 11.7. The number of esters is 2. The molecule has 138 valence electrons. The van der Waals surface area contributed by atoms with Gasteiger partial charge in [0.1, 0.15) is 12.7 Å². The second kappa shape index (κ2) is 7.97. The van der Waals surface area contributed by atoms with Gasteiger partial charge in [0, 0.05) is 13.8 Å². The molecule has 0 heterocycles. The lowest BCUT2D eigenvalue weighted by Gasteiger charge is -2.17. The molecule has 0 spiro atoms. The Hall–Kier alpha value is -1.93. The average molecular weight is 370 g/mol. The smallest absolute Gasteiger partial charge is 0.302 e. The van der Waals surface area contributed by atoms with Gasteiger partial charge < -0.3 is 9.47 Å². The minimum Gasteiger partial charge on any atom is -0.466 e. The molecule has 0 aliphatic heterocycles. The summed E-state index contributed by atoms with van der Waals surface area (Å²) in [5, 5.41) is 0. The monoisotopic (exact) mass is 370 g/mol. The summed E-state index contributed by atoms with van der Waals surface area (Å²) >= 11 is 0. The highest BCUT2D eigenvalue weighted by atomic mass is 32.2. The first-order valence-corrected chi connectivity index (χ1v) is 9.36. The van der Waals surface area contributed by atoms with Gasteiger partial charge in [-0.1, -0.05) is 17.7 Å². The van der Waals surface area contributed by atoms with E-state index in [9.17, 15) is 18.0 Å². The number of carbonyl (C=O) groups excluding carboxylic acids is 2. The third-order valence-corrected chi connectivity index (χ3v) is 5.32. The lowest BCUT2D eigenvalue weighted by atomic mass is 10.2. The number of ether oxygens (including phenoxy) is 2. The van der Waals surface area contributed by atoms with Crippen LogP contribution in [-0.4, -0.2) is 39.7 Å². The Morgan fingerprint density at radius 3 is 2.28 bits per heavy atom. The SMILES string of the molecule is CC(=O)OCC1CC1C(COC(C)=O)OS(=O)(=O)c1ccc(C)cc1. The van der Waals surface area contributed by atoms with Gasteiger partial charge in [0.2, 0.25) is 0 Å². The second-order valence-electron chi connectivity index (χ2n) is 6.17. The fourth-order valence-corrected chi connectivity index (χ4v) is 3.59. The minimum absolute atomic E-state index is 0.00215. The topological polar surface area (TPSA) is 96.0 Å². The van der Waals surface area contributed by atoms with Crippen molar-refractivity contribution in [2.24, 2.45) is 11.8 Å². The maximum atomic E-state index is 12.5. The maximum Gasteiger partial charge on any atom is 0.302 e. The van der Waals surface area contributed by atoms with Crippen molar-refractivity contribution in [2.75, 3.05) is 13.2 Å². The van der Waals surface area contributed by atoms with Gasteiger partial charge in [-0.05, 0) is 37.3 Å². The van der Waals surface area contributed by atoms with Crippen LogP contribution in [0.4, 0.5) is 0 Å². The first-order valence-electron chi connectivity index (χ1n) is 7.95. The molecule has 1 saturated carbocycles. The molecule has 3 atom stereocenters. The zero-order valence-electron chi connectivity index (χ0n) is 14.4. The van der Waals surface area contributed by atoms with Gasteiger partial charge in [-0.15, -0.1) is 0 Å². The Bertz CT molecular complexity index is 724. The first kappa shape index (κ1) is 19.4. The number of aryl methyl sites for hydroxylation is 1. The molecule has 1 aromatic rings. The van der Waals surface area contributed by atoms with Crippen LogP contribution >= 0.6 is 0 Å². The summed E-state index contributed by atoms with van der Waals surface area (Å²) < 4.78 is 40.1. The van der Waals surface area contributed by atoms with Crippen molar-refractivity contribution in [1.82, 2.24) is 0 Å². The number of hydrogen-bond donors (Lipinski definition) is 0. The summed E-state index contributed by atoms with van der Waals surface area (Å²) in [6.45, 7) is 4.44. The van der Waals surface area contributed by atoms with Gasteiger partial charge in [-0.25, -0.2) is 0 Å². The molecule has 0 saturated heterocycles. The molecule has 2 rings (SSSR count). The van der Waals surface area contributed by atoms with E-state index in [0.717, 1.165) is 5.56 Å². The van der Waals surface area contributed by atoms with Crippen molar-refractivity contribution in [1.29, 1.82) is 0 Å². The highest BCUT2D eigenvalue weighted by Gasteiger charge is 2.46. The van der Waals surface area contributed by atoms with Crippen LogP contribution in [0, 0.1) is 18.8 Å². The van der Waals surface area contributed by atoms with E-state index < -0.39 is 28.2 Å². The molecule has 25 heavy (non-hydrogen) atoms. The van der Waals surface area contributed by atoms with E-state index in [4.69, 9.17) is 13.7 Å². The lowest BCUT2D eigenvalue weighted by Crippen LogP contribution is -2.28. The zero-order chi connectivity index (χ0) is 18.6. The van der Waals surface area contributed by atoms with Crippen LogP contribution in [0.1, 0.15) is 25.8 Å². The summed E-state index contributed by atoms with van der Waals surface area (Å²) in [6.07, 6.45) is -0.168. The Kier molecular flexibility index (Phi) is 6.18. The molecule has 1 aromatic carbocycles. The van der Waals surface area contributed by atoms with E-state index in [2.05, 4.69) is 0 Å². The van der Waals surface area contributed by atoms with E-state index in [1.54, 1.807) is 12.1 Å². The van der Waals surface area contributed by atoms with E-state index >= 15 is 0 Å². The molecule has 3 unspecified atom stereocenters. The Balaban J connectivity index is 2.06. The second-order valence-corrected chi connectivity index (χ2v) is 7.74. The standard InChI is InChI=1S/C17H22O7S/c1-11-4-6-15(7-5-11)25(20,21)24-17(10-23-13(3)19)16-8-14(16)9-22-12(2)18/h4-7,14,16-17H,8-10H2,1-3H3. The van der Waals surface area contributed by atoms with E-state index in [1.165, 1.54) is 26.0 Å². The molecule has 1 fully saturated rings. The highest BCUT2D eigenvalue weighted by molar-refractivity contribution is 7.86. The van der Waals surface area contributed by atoms with Crippen LogP contribution in [0.25, 0.3) is 0 Å². The summed E-state index contributed by atoms with van der Waals surface area (Å²) in [7, 11) is -3.98. The van der Waals surface area contributed by atoms with Crippen LogP contribution in [0.5, 0.6) is 0 Å². The summed E-state index contributed by atoms with van der Waals surface area (Å²) in [5.41, 5.74) is 0.930. The fourth-order valence-electron chi connectivity index (χ4n) is 2.49. The van der Waals surface area contributed by atoms with E-state index in [0.29, 0.717) is 6.42 Å². The third kappa shape index (κ3) is 5.82. The van der Waals surface area contributed by atoms with Gasteiger partial charge in [0.05, 0.1) is 11.5 Å². The van der Waals surface area contributed by atoms with Gasteiger partial charge in [0.15, 0.2) is 0 Å². The molecule has 1 aliphatic carbocycles. The third-order valence-electron chi connectivity index (χ3n) is 3.97. The fraction of sp³-hybridized carbons (Fsp3) is 0.529. The molecular formula is C17H22O7S. The summed E-state index contributed by atoms with van der Waals surface area (Å²) in [5.74, 6) is -1.06. The quantitative estimate of drug-likeness (QED) is 0.509. The largest absolute Gasteiger partial charge is 0.466 e. The molecule has 0 aromatic heterocycles. The van der Waals surface area contributed by atoms with E-state index in [1.807, 2.05) is 6.92 Å². The highest BCUT2D eigenvalue weighted by Crippen LogP contribution is 2.43. The van der Waals surface area contributed by atoms with Crippen LogP contribution in [0.3, 0.4) is 0 Å². The van der Waals surface area contributed by atoms with Crippen molar-refractivity contribution in [3.63, 3.8) is 0 Å². The molecule has 7 nitrogen and oxygen atoms in total. The van der Waals surface area contributed by atoms with Crippen molar-refractivity contribution < 1.29 is 31.7 Å². The van der Waals surface area contributed by atoms with E-state index in [-0.39, 0.29) is 29.9 Å². The van der Waals surface area contributed by atoms with Crippen molar-refractivity contribution in [2.45, 2.75) is 38.2 Å². The van der Waals surface area contributed by atoms with Crippen LogP contribution < -0.4 is 0 Å². The lowest BCUT2D eigenvalue weighted by molar-refractivity contribution is -0.143. The summed E-state index contributed by atoms with van der Waals surface area (Å²) in [6, 6.07) is 6.30. The van der Waals surface area contributed by atoms with Gasteiger partial charge >= 0.3 is 11.9 Å². The predicted molar refractivity (Wildman–Crippen MR) is 88.1 cm³/mol. The summed E-state index contributed by atoms with van der Waals surface area (Å²) in [4.78, 5) is 22.0. The van der Waals surface area contributed by atoms with Gasteiger partial charge in [0.25, 0.3) is 10.1 Å². The minimum atomic E-state index is -3.98. The van der Waals surface area contributed by atoms with Crippen molar-refractivity contribution in [3.8, 4) is 0 Å². The normalized spacial score (nSPS) is 20.6. The predicted octanol–water partition coefficient (Wildman–Crippen LogP) is 1.83. The molecule has 8 heteroatoms. The van der Waals surface area contributed by atoms with Gasteiger partial charge in [-0.3, -0.25) is 13.8 Å². The molecule has 1 aliphatic rings. The molecule has 0 amide bonds. The van der Waals surface area contributed by atoms with Gasteiger partial charge in [-0.2, -0.15) is 8.42 Å². The molecule has 0 bridgehead atoms. The van der Waals surface area contributed by atoms with Crippen molar-refractivity contribution >= 4 is 22.1 Å². The maximum absolute atomic E-state index is 12.5. The molecule has 0 N–H and O–H groups in total. The number of benzene rings is 1. The Morgan fingerprint density at radius 1 is 1.12 bits per heavy atom. The molecular weight excluding hydrogens is 348 g/mol. The number of hydrogen-bond acceptors (Lipinski definition) is 7. The zero-order valence-corrected chi connectivity index (χ0v) is 15.2. The van der Waals surface area contributed by atoms with Crippen LogP contribution in [0.15, 0.2) is 29.2 Å².